The van der Waals surface area contributed by atoms with Gasteiger partial charge in [-0.3, -0.25) is 9.82 Å². The quantitative estimate of drug-likeness (QED) is 0.707. The summed E-state index contributed by atoms with van der Waals surface area (Å²) in [6.07, 6.45) is 1.56. The topological polar surface area (TPSA) is 101 Å². The first-order valence-corrected chi connectivity index (χ1v) is 8.54. The number of ether oxygens (including phenoxy) is 1. The SMILES string of the molecule is COC(=O)c1ccc(NS(=O)(=O)c2ccc3[nH]ncc3c2)c(C)c1. The maximum absolute atomic E-state index is 12.6. The Morgan fingerprint density at radius 1 is 1.21 bits per heavy atom. The third-order valence-corrected chi connectivity index (χ3v) is 4.98. The molecule has 3 rings (SSSR count). The average Bonchev–Trinajstić information content (AvgIpc) is 3.03. The molecule has 0 spiro atoms. The number of aryl methyl sites for hydroxylation is 1. The number of nitrogens with zero attached hydrogens (tertiary/aromatic N) is 1. The number of benzene rings is 2. The number of methoxy groups -OCH3 is 1. The molecule has 0 aliphatic rings. The van der Waals surface area contributed by atoms with Crippen LogP contribution >= 0.6 is 0 Å². The molecule has 0 unspecified atom stereocenters. The summed E-state index contributed by atoms with van der Waals surface area (Å²) in [6.45, 7) is 1.71. The van der Waals surface area contributed by atoms with Crippen molar-refractivity contribution in [2.45, 2.75) is 11.8 Å². The van der Waals surface area contributed by atoms with Gasteiger partial charge in [-0.15, -0.1) is 0 Å². The molecule has 0 radical (unpaired) electrons. The smallest absolute Gasteiger partial charge is 0.337 e. The highest BCUT2D eigenvalue weighted by atomic mass is 32.2. The molecule has 0 atom stereocenters. The molecule has 2 N–H and O–H groups in total. The summed E-state index contributed by atoms with van der Waals surface area (Å²) in [7, 11) is -2.46. The number of sulfonamides is 1. The Morgan fingerprint density at radius 3 is 2.71 bits per heavy atom. The number of hydrogen-bond acceptors (Lipinski definition) is 5. The largest absolute Gasteiger partial charge is 0.465 e. The molecule has 8 heteroatoms. The zero-order valence-corrected chi connectivity index (χ0v) is 13.8. The predicted molar refractivity (Wildman–Crippen MR) is 89.4 cm³/mol. The van der Waals surface area contributed by atoms with E-state index < -0.39 is 16.0 Å². The molecule has 0 saturated carbocycles. The van der Waals surface area contributed by atoms with E-state index in [1.807, 2.05) is 0 Å². The van der Waals surface area contributed by atoms with Crippen molar-refractivity contribution >= 4 is 32.6 Å². The van der Waals surface area contributed by atoms with Gasteiger partial charge in [-0.2, -0.15) is 5.10 Å². The Hall–Kier alpha value is -2.87. The van der Waals surface area contributed by atoms with Crippen molar-refractivity contribution in [3.63, 3.8) is 0 Å². The normalized spacial score (nSPS) is 11.4. The third-order valence-electron chi connectivity index (χ3n) is 3.61. The number of carbonyl (C=O) groups is 1. The fourth-order valence-electron chi connectivity index (χ4n) is 2.31. The van der Waals surface area contributed by atoms with Gasteiger partial charge in [-0.05, 0) is 48.9 Å². The van der Waals surface area contributed by atoms with Crippen LogP contribution in [-0.2, 0) is 14.8 Å². The number of esters is 1. The van der Waals surface area contributed by atoms with Crippen molar-refractivity contribution < 1.29 is 17.9 Å². The standard InChI is InChI=1S/C16H15N3O4S/c1-10-7-11(16(20)23-2)3-5-14(10)19-24(21,22)13-4-6-15-12(8-13)9-17-18-15/h3-9,19H,1-2H3,(H,17,18). The van der Waals surface area contributed by atoms with E-state index in [2.05, 4.69) is 19.7 Å². The van der Waals surface area contributed by atoms with Gasteiger partial charge >= 0.3 is 5.97 Å². The van der Waals surface area contributed by atoms with Gasteiger partial charge in [0.1, 0.15) is 0 Å². The number of nitrogens with one attached hydrogen (secondary N) is 2. The lowest BCUT2D eigenvalue weighted by Crippen LogP contribution is -2.14. The maximum atomic E-state index is 12.6. The second-order valence-corrected chi connectivity index (χ2v) is 6.93. The van der Waals surface area contributed by atoms with Gasteiger partial charge in [0.15, 0.2) is 0 Å². The first-order valence-electron chi connectivity index (χ1n) is 7.05. The molecule has 0 fully saturated rings. The molecular formula is C16H15N3O4S. The van der Waals surface area contributed by atoms with Crippen molar-refractivity contribution in [2.75, 3.05) is 11.8 Å². The molecule has 0 amide bonds. The van der Waals surface area contributed by atoms with E-state index in [0.717, 1.165) is 5.52 Å². The van der Waals surface area contributed by atoms with Gasteiger partial charge in [-0.1, -0.05) is 0 Å². The summed E-state index contributed by atoms with van der Waals surface area (Å²) in [6, 6.07) is 9.32. The zero-order valence-electron chi connectivity index (χ0n) is 13.0. The van der Waals surface area contributed by atoms with Crippen LogP contribution in [0.1, 0.15) is 15.9 Å². The predicted octanol–water partition coefficient (Wildman–Crippen LogP) is 2.46. The van der Waals surface area contributed by atoms with Crippen LogP contribution in [0.15, 0.2) is 47.5 Å². The maximum Gasteiger partial charge on any atom is 0.337 e. The van der Waals surface area contributed by atoms with Gasteiger partial charge in [0.05, 0.1) is 35.0 Å². The van der Waals surface area contributed by atoms with Crippen molar-refractivity contribution in [1.29, 1.82) is 0 Å². The highest BCUT2D eigenvalue weighted by molar-refractivity contribution is 7.92. The van der Waals surface area contributed by atoms with Crippen LogP contribution in [0.5, 0.6) is 0 Å². The summed E-state index contributed by atoms with van der Waals surface area (Å²) in [5.74, 6) is -0.474. The van der Waals surface area contributed by atoms with E-state index >= 15 is 0 Å². The number of aromatic nitrogens is 2. The van der Waals surface area contributed by atoms with Crippen molar-refractivity contribution in [2.24, 2.45) is 0 Å². The van der Waals surface area contributed by atoms with Gasteiger partial charge in [-0.25, -0.2) is 13.2 Å². The molecule has 124 valence electrons. The lowest BCUT2D eigenvalue weighted by atomic mass is 10.1. The number of aromatic amines is 1. The van der Waals surface area contributed by atoms with Crippen LogP contribution in [0, 0.1) is 6.92 Å². The Balaban J connectivity index is 1.92. The first kappa shape index (κ1) is 16.0. The van der Waals surface area contributed by atoms with Crippen LogP contribution in [0.2, 0.25) is 0 Å². The molecule has 0 bridgehead atoms. The van der Waals surface area contributed by atoms with E-state index in [0.29, 0.717) is 22.2 Å². The van der Waals surface area contributed by atoms with Gasteiger partial charge in [0.25, 0.3) is 10.0 Å². The minimum Gasteiger partial charge on any atom is -0.465 e. The second-order valence-electron chi connectivity index (χ2n) is 5.25. The molecule has 1 aromatic heterocycles. The Bertz CT molecular complexity index is 1020. The third kappa shape index (κ3) is 2.95. The highest BCUT2D eigenvalue weighted by Gasteiger charge is 2.17. The lowest BCUT2D eigenvalue weighted by molar-refractivity contribution is 0.0600. The number of anilines is 1. The van der Waals surface area contributed by atoms with Crippen LogP contribution in [0.4, 0.5) is 5.69 Å². The molecule has 0 aliphatic carbocycles. The monoisotopic (exact) mass is 345 g/mol. The number of rotatable bonds is 4. The van der Waals surface area contributed by atoms with Crippen LogP contribution in [0.3, 0.4) is 0 Å². The number of fused-ring (bicyclic) bond motifs is 1. The van der Waals surface area contributed by atoms with E-state index in [1.54, 1.807) is 31.3 Å². The molecule has 3 aromatic rings. The molecule has 0 aliphatic heterocycles. The summed E-state index contributed by atoms with van der Waals surface area (Å²) < 4.78 is 32.3. The second kappa shape index (κ2) is 5.97. The van der Waals surface area contributed by atoms with Crippen LogP contribution in [0.25, 0.3) is 10.9 Å². The summed E-state index contributed by atoms with van der Waals surface area (Å²) >= 11 is 0. The fourth-order valence-corrected chi connectivity index (χ4v) is 3.48. The molecule has 2 aromatic carbocycles. The fraction of sp³-hybridized carbons (Fsp3) is 0.125. The number of hydrogen-bond donors (Lipinski definition) is 2. The van der Waals surface area contributed by atoms with Gasteiger partial charge in [0.2, 0.25) is 0 Å². The highest BCUT2D eigenvalue weighted by Crippen LogP contribution is 2.23. The molecule has 0 saturated heterocycles. The number of carbonyl (C=O) groups excluding carboxylic acids is 1. The van der Waals surface area contributed by atoms with Crippen LogP contribution < -0.4 is 4.72 Å². The van der Waals surface area contributed by atoms with E-state index in [9.17, 15) is 13.2 Å². The van der Waals surface area contributed by atoms with E-state index in [1.165, 1.54) is 25.3 Å². The lowest BCUT2D eigenvalue weighted by Gasteiger charge is -2.11. The minimum absolute atomic E-state index is 0.132. The minimum atomic E-state index is -3.75. The van der Waals surface area contributed by atoms with E-state index in [4.69, 9.17) is 0 Å². The first-order chi connectivity index (χ1) is 11.4. The summed E-state index contributed by atoms with van der Waals surface area (Å²) in [4.78, 5) is 11.6. The molecular weight excluding hydrogens is 330 g/mol. The molecule has 1 heterocycles. The van der Waals surface area contributed by atoms with E-state index in [-0.39, 0.29) is 4.90 Å². The van der Waals surface area contributed by atoms with Crippen molar-refractivity contribution in [1.82, 2.24) is 10.2 Å². The Kier molecular flexibility index (Phi) is 3.98. The van der Waals surface area contributed by atoms with Crippen molar-refractivity contribution in [3.8, 4) is 0 Å². The number of H-pyrrole nitrogens is 1. The zero-order chi connectivity index (χ0) is 17.3. The Labute approximate surface area is 138 Å². The Morgan fingerprint density at radius 2 is 2.00 bits per heavy atom. The molecule has 7 nitrogen and oxygen atoms in total. The summed E-state index contributed by atoms with van der Waals surface area (Å²) in [5.41, 5.74) is 2.13. The molecule has 24 heavy (non-hydrogen) atoms. The van der Waals surface area contributed by atoms with Gasteiger partial charge < -0.3 is 4.74 Å². The average molecular weight is 345 g/mol. The van der Waals surface area contributed by atoms with Crippen LogP contribution in [-0.4, -0.2) is 31.7 Å². The van der Waals surface area contributed by atoms with Crippen molar-refractivity contribution in [3.05, 3.63) is 53.7 Å². The van der Waals surface area contributed by atoms with Gasteiger partial charge in [0, 0.05) is 5.39 Å². The summed E-state index contributed by atoms with van der Waals surface area (Å²) in [5, 5.41) is 7.35.